The average molecular weight is 749 g/mol. The van der Waals surface area contributed by atoms with Gasteiger partial charge in [-0.2, -0.15) is 0 Å². The standard InChI is InChI=1S/La.H2O.8O.Pb.Sn.Ti.Zr/h;1H2;;;;;;;;;;;;/q+3;;;;;5*-1;+2;+1;;/p-1. The third kappa shape index (κ3) is 250. The molecule has 0 aliphatic heterocycles. The molecule has 0 amide bonds. The third-order valence-corrected chi connectivity index (χ3v) is 0. The molecular weight excluding hydrogens is 748 g/mol. The third-order valence-electron chi connectivity index (χ3n) is 0. The molecule has 0 atom stereocenters. The first-order chi connectivity index (χ1) is 5.20. The Labute approximate surface area is 151 Å². The van der Waals surface area contributed by atoms with Gasteiger partial charge >= 0.3 is 155 Å². The van der Waals surface area contributed by atoms with E-state index < -0.39 is 61.8 Å². The van der Waals surface area contributed by atoms with Crippen molar-refractivity contribution < 1.29 is 107 Å². The number of rotatable bonds is 0. The van der Waals surface area contributed by atoms with Gasteiger partial charge in [0.05, 0.1) is 0 Å². The van der Waals surface area contributed by atoms with E-state index in [9.17, 15) is 0 Å². The fourth-order valence-corrected chi connectivity index (χ4v) is 0. The molecule has 0 spiro atoms. The zero-order valence-corrected chi connectivity index (χ0v) is 20.7. The maximum Gasteiger partial charge on any atom is 2.00 e. The molecule has 1 N–H and O–H groups in total. The van der Waals surface area contributed by atoms with Crippen molar-refractivity contribution in [2.45, 2.75) is 0 Å². The van der Waals surface area contributed by atoms with Crippen LogP contribution in [0.5, 0.6) is 0 Å². The van der Waals surface area contributed by atoms with E-state index in [4.69, 9.17) is 29.8 Å². The zero-order valence-electron chi connectivity index (χ0n) is 6.29. The van der Waals surface area contributed by atoms with E-state index in [-0.39, 0.29) is 62.9 Å². The molecule has 2 radical (unpaired) electrons. The molecule has 0 saturated heterocycles. The second-order valence-electron chi connectivity index (χ2n) is 0.766. The Balaban J connectivity index is -0.0000000270. The van der Waals surface area contributed by atoms with Crippen LogP contribution in [0.1, 0.15) is 0 Å². The summed E-state index contributed by atoms with van der Waals surface area (Å²) in [6.07, 6.45) is 0. The topological polar surface area (TPSA) is 187 Å². The molecule has 0 saturated carbocycles. The normalized spacial score (nSPS) is 5.57. The van der Waals surface area contributed by atoms with Gasteiger partial charge in [-0.25, -0.2) is 0 Å². The van der Waals surface area contributed by atoms with Crippen molar-refractivity contribution in [2.24, 2.45) is 0 Å². The summed E-state index contributed by atoms with van der Waals surface area (Å²) in [5, 5.41) is 0. The van der Waals surface area contributed by atoms with Gasteiger partial charge in [0.15, 0.2) is 0 Å². The van der Waals surface area contributed by atoms with Crippen LogP contribution in [0.4, 0.5) is 0 Å². The van der Waals surface area contributed by atoms with E-state index in [2.05, 4.69) is 0 Å². The molecule has 0 aromatic carbocycles. The van der Waals surface area contributed by atoms with Gasteiger partial charge in [-0.1, -0.05) is 0 Å². The average Bonchev–Trinajstić information content (AvgIpc) is 1.54. The summed E-state index contributed by atoms with van der Waals surface area (Å²) in [5.41, 5.74) is 0. The van der Waals surface area contributed by atoms with E-state index in [1.165, 1.54) is 0 Å². The minimum absolute atomic E-state index is 0. The van der Waals surface area contributed by atoms with Gasteiger partial charge in [-0.05, 0) is 0 Å². The van der Waals surface area contributed by atoms with E-state index in [1.807, 2.05) is 0 Å². The maximum atomic E-state index is 8.72. The van der Waals surface area contributed by atoms with Gasteiger partial charge < -0.3 is 0 Å². The Kier molecular flexibility index (Phi) is 55.7. The molecule has 14 heteroatoms. The van der Waals surface area contributed by atoms with Gasteiger partial charge in [0.1, 0.15) is 0 Å². The number of hydrogen-bond acceptors (Lipinski definition) is 8. The molecule has 0 aliphatic carbocycles. The first-order valence-corrected chi connectivity index (χ1v) is 10.4. The van der Waals surface area contributed by atoms with Gasteiger partial charge in [0.25, 0.3) is 0 Å². The van der Waals surface area contributed by atoms with Crippen LogP contribution in [-0.4, -0.2) is 51.3 Å². The van der Waals surface area contributed by atoms with E-state index in [0.29, 0.717) is 0 Å². The Bertz CT molecular complexity index is 122. The summed E-state index contributed by atoms with van der Waals surface area (Å²) >= 11 is -12.4. The zero-order chi connectivity index (χ0) is 10.7. The van der Waals surface area contributed by atoms with Crippen molar-refractivity contribution in [3.63, 3.8) is 0 Å². The first kappa shape index (κ1) is 30.6. The predicted octanol–water partition coefficient (Wildman–Crippen LogP) is -7.62. The summed E-state index contributed by atoms with van der Waals surface area (Å²) in [6.45, 7) is 0. The van der Waals surface area contributed by atoms with Crippen molar-refractivity contribution in [1.29, 1.82) is 0 Å². The summed E-state index contributed by atoms with van der Waals surface area (Å²) in [5.74, 6) is 0. The first-order valence-electron chi connectivity index (χ1n) is 1.86. The Morgan fingerprint density at radius 2 is 1.29 bits per heavy atom. The van der Waals surface area contributed by atoms with Gasteiger partial charge in [-0.15, -0.1) is 0 Å². The van der Waals surface area contributed by atoms with Crippen LogP contribution in [0.25, 0.3) is 0 Å². The van der Waals surface area contributed by atoms with Crippen LogP contribution >= 0.6 is 0 Å². The molecule has 14 heavy (non-hydrogen) atoms. The molecule has 9 nitrogen and oxygen atoms in total. The van der Waals surface area contributed by atoms with Crippen LogP contribution in [0.2, 0.25) is 0 Å². The SMILES string of the molecule is [La+3].[O]=[Sn]([O-])[OH].[O]=[Ti]([O-])[O-].[O]=[Zr]([O-])[O-].[Pb+2]. The Hall–Kier alpha value is 3.67. The fraction of sp³-hybridized carbons (Fsp3) is 0. The van der Waals surface area contributed by atoms with E-state index >= 15 is 0 Å². The van der Waals surface area contributed by atoms with Crippen LogP contribution in [0.15, 0.2) is 0 Å². The Morgan fingerprint density at radius 1 is 1.29 bits per heavy atom. The predicted molar refractivity (Wildman–Crippen MR) is 15.8 cm³/mol. The molecule has 0 aromatic rings. The van der Waals surface area contributed by atoms with Crippen molar-refractivity contribution >= 4 is 47.9 Å². The van der Waals surface area contributed by atoms with Crippen molar-refractivity contribution in [2.75, 3.05) is 0 Å². The molecule has 0 aliphatic rings. The van der Waals surface area contributed by atoms with Crippen LogP contribution in [0.3, 0.4) is 0 Å². The smallest absolute Gasteiger partial charge is 2.00 e. The van der Waals surface area contributed by atoms with Crippen molar-refractivity contribution in [3.8, 4) is 0 Å². The second-order valence-corrected chi connectivity index (χ2v) is 4.29. The molecule has 0 heterocycles. The molecular formula is HLaO9PbSnTiZr. The van der Waals surface area contributed by atoms with Gasteiger partial charge in [0, 0.05) is 0 Å². The van der Waals surface area contributed by atoms with E-state index in [0.717, 1.165) is 0 Å². The van der Waals surface area contributed by atoms with Crippen LogP contribution in [0, 0.1) is 35.6 Å². The summed E-state index contributed by atoms with van der Waals surface area (Å²) in [6, 6.07) is 0. The molecule has 74 valence electrons. The maximum absolute atomic E-state index is 8.72. The summed E-state index contributed by atoms with van der Waals surface area (Å²) < 4.78 is 76.2. The van der Waals surface area contributed by atoms with E-state index in [1.54, 1.807) is 0 Å². The fourth-order valence-electron chi connectivity index (χ4n) is 0. The van der Waals surface area contributed by atoms with Gasteiger partial charge in [0.2, 0.25) is 0 Å². The minimum Gasteiger partial charge on any atom is 2.00 e. The number of hydrogen-bond donors (Lipinski definition) is 1. The molecule has 0 unspecified atom stereocenters. The van der Waals surface area contributed by atoms with Crippen molar-refractivity contribution in [3.05, 3.63) is 0 Å². The minimum atomic E-state index is -4.29. The summed E-state index contributed by atoms with van der Waals surface area (Å²) in [7, 11) is 0. The van der Waals surface area contributed by atoms with Crippen molar-refractivity contribution in [1.82, 2.24) is 0 Å². The summed E-state index contributed by atoms with van der Waals surface area (Å²) in [4.78, 5) is 0. The molecule has 0 rings (SSSR count). The molecule has 0 aromatic heterocycles. The second kappa shape index (κ2) is 25.5. The van der Waals surface area contributed by atoms with Crippen LogP contribution in [-0.2, 0) is 50.5 Å². The largest absolute Gasteiger partial charge is 2.00 e. The molecule has 0 bridgehead atoms. The monoisotopic (exact) mass is 750 g/mol. The van der Waals surface area contributed by atoms with Crippen LogP contribution < -0.4 is 17.2 Å². The Morgan fingerprint density at radius 3 is 1.29 bits per heavy atom. The molecule has 0 fully saturated rings. The van der Waals surface area contributed by atoms with Gasteiger partial charge in [-0.3, -0.25) is 0 Å². The quantitative estimate of drug-likeness (QED) is 0.235.